The number of aryl methyl sites for hydroxylation is 1. The summed E-state index contributed by atoms with van der Waals surface area (Å²) in [7, 11) is 1.53. The standard InChI is InChI=1S/C20H18ClN3O2/c1-13-5-3-4-6-17(13)23-16-9-14(11-22-12-16)20(25)24-18-10-15(21)7-8-19(18)26-2/h3-12,23H,1-2H3,(H,24,25). The fourth-order valence-corrected chi connectivity index (χ4v) is 2.65. The lowest BCUT2D eigenvalue weighted by Crippen LogP contribution is -2.13. The lowest BCUT2D eigenvalue weighted by Gasteiger charge is -2.12. The van der Waals surface area contributed by atoms with E-state index in [1.165, 1.54) is 13.3 Å². The van der Waals surface area contributed by atoms with Gasteiger partial charge in [0.1, 0.15) is 5.75 Å². The van der Waals surface area contributed by atoms with Crippen LogP contribution in [0.2, 0.25) is 5.02 Å². The summed E-state index contributed by atoms with van der Waals surface area (Å²) in [4.78, 5) is 16.7. The second-order valence-electron chi connectivity index (χ2n) is 5.70. The Morgan fingerprint density at radius 2 is 1.88 bits per heavy atom. The Balaban J connectivity index is 1.81. The molecule has 26 heavy (non-hydrogen) atoms. The van der Waals surface area contributed by atoms with Gasteiger partial charge in [0.05, 0.1) is 30.2 Å². The highest BCUT2D eigenvalue weighted by Gasteiger charge is 2.12. The summed E-state index contributed by atoms with van der Waals surface area (Å²) >= 11 is 6.00. The van der Waals surface area contributed by atoms with E-state index in [9.17, 15) is 4.79 Å². The number of pyridine rings is 1. The number of hydrogen-bond acceptors (Lipinski definition) is 4. The van der Waals surface area contributed by atoms with Crippen LogP contribution < -0.4 is 15.4 Å². The number of para-hydroxylation sites is 1. The van der Waals surface area contributed by atoms with Gasteiger partial charge in [0.15, 0.2) is 0 Å². The number of halogens is 1. The summed E-state index contributed by atoms with van der Waals surface area (Å²) in [6.07, 6.45) is 3.18. The first-order valence-corrected chi connectivity index (χ1v) is 8.37. The molecular weight excluding hydrogens is 350 g/mol. The van der Waals surface area contributed by atoms with Gasteiger partial charge in [-0.15, -0.1) is 0 Å². The quantitative estimate of drug-likeness (QED) is 0.662. The number of amides is 1. The molecule has 0 unspecified atom stereocenters. The summed E-state index contributed by atoms with van der Waals surface area (Å²) in [6, 6.07) is 14.7. The van der Waals surface area contributed by atoms with Gasteiger partial charge in [0.25, 0.3) is 5.91 Å². The van der Waals surface area contributed by atoms with Gasteiger partial charge in [0, 0.05) is 16.9 Å². The van der Waals surface area contributed by atoms with Crippen LogP contribution in [0, 0.1) is 6.92 Å². The minimum absolute atomic E-state index is 0.300. The molecule has 0 aliphatic heterocycles. The minimum Gasteiger partial charge on any atom is -0.495 e. The van der Waals surface area contributed by atoms with E-state index in [0.29, 0.717) is 22.0 Å². The number of methoxy groups -OCH3 is 1. The van der Waals surface area contributed by atoms with Crippen LogP contribution in [0.5, 0.6) is 5.75 Å². The minimum atomic E-state index is -0.300. The normalized spacial score (nSPS) is 10.3. The van der Waals surface area contributed by atoms with Gasteiger partial charge < -0.3 is 15.4 Å². The Morgan fingerprint density at radius 1 is 1.08 bits per heavy atom. The molecule has 0 bridgehead atoms. The van der Waals surface area contributed by atoms with Crippen molar-refractivity contribution in [3.05, 3.63) is 77.1 Å². The van der Waals surface area contributed by atoms with Crippen molar-refractivity contribution in [2.75, 3.05) is 17.7 Å². The summed E-state index contributed by atoms with van der Waals surface area (Å²) in [5, 5.41) is 6.59. The molecule has 0 aliphatic carbocycles. The smallest absolute Gasteiger partial charge is 0.257 e. The molecule has 0 saturated heterocycles. The molecule has 5 nitrogen and oxygen atoms in total. The van der Waals surface area contributed by atoms with Crippen molar-refractivity contribution in [2.45, 2.75) is 6.92 Å². The second kappa shape index (κ2) is 7.89. The molecule has 0 radical (unpaired) electrons. The van der Waals surface area contributed by atoms with Crippen LogP contribution in [0.3, 0.4) is 0 Å². The predicted molar refractivity (Wildman–Crippen MR) is 105 cm³/mol. The van der Waals surface area contributed by atoms with Gasteiger partial charge >= 0.3 is 0 Å². The van der Waals surface area contributed by atoms with Crippen LogP contribution >= 0.6 is 11.6 Å². The number of carbonyl (C=O) groups is 1. The predicted octanol–water partition coefficient (Wildman–Crippen LogP) is 5.05. The number of anilines is 3. The first-order chi connectivity index (χ1) is 12.6. The molecule has 132 valence electrons. The molecule has 0 spiro atoms. The van der Waals surface area contributed by atoms with E-state index in [-0.39, 0.29) is 5.91 Å². The fraction of sp³-hybridized carbons (Fsp3) is 0.100. The zero-order valence-electron chi connectivity index (χ0n) is 14.4. The summed E-state index contributed by atoms with van der Waals surface area (Å²) in [5.74, 6) is 0.233. The Hall–Kier alpha value is -3.05. The van der Waals surface area contributed by atoms with E-state index in [4.69, 9.17) is 16.3 Å². The number of ether oxygens (including phenoxy) is 1. The maximum Gasteiger partial charge on any atom is 0.257 e. The van der Waals surface area contributed by atoms with Crippen molar-refractivity contribution >= 4 is 34.6 Å². The van der Waals surface area contributed by atoms with Crippen LogP contribution in [0.25, 0.3) is 0 Å². The molecular formula is C20H18ClN3O2. The van der Waals surface area contributed by atoms with Crippen LogP contribution in [0.4, 0.5) is 17.1 Å². The molecule has 2 N–H and O–H groups in total. The number of nitrogens with zero attached hydrogens (tertiary/aromatic N) is 1. The van der Waals surface area contributed by atoms with Crippen molar-refractivity contribution in [1.82, 2.24) is 4.98 Å². The number of rotatable bonds is 5. The zero-order chi connectivity index (χ0) is 18.5. The average molecular weight is 368 g/mol. The first-order valence-electron chi connectivity index (χ1n) is 7.99. The second-order valence-corrected chi connectivity index (χ2v) is 6.14. The van der Waals surface area contributed by atoms with Crippen LogP contribution in [-0.4, -0.2) is 18.0 Å². The number of hydrogen-bond donors (Lipinski definition) is 2. The molecule has 2 aromatic carbocycles. The highest BCUT2D eigenvalue weighted by Crippen LogP contribution is 2.28. The molecule has 6 heteroatoms. The summed E-state index contributed by atoms with van der Waals surface area (Å²) < 4.78 is 5.25. The molecule has 0 atom stereocenters. The topological polar surface area (TPSA) is 63.2 Å². The Kier molecular flexibility index (Phi) is 5.39. The molecule has 3 aromatic rings. The van der Waals surface area contributed by atoms with E-state index >= 15 is 0 Å². The molecule has 0 aliphatic rings. The molecule has 0 saturated carbocycles. The Bertz CT molecular complexity index is 944. The lowest BCUT2D eigenvalue weighted by atomic mass is 10.2. The maximum atomic E-state index is 12.6. The number of carbonyl (C=O) groups excluding carboxylic acids is 1. The van der Waals surface area contributed by atoms with Crippen molar-refractivity contribution in [1.29, 1.82) is 0 Å². The van der Waals surface area contributed by atoms with E-state index in [1.54, 1.807) is 30.5 Å². The van der Waals surface area contributed by atoms with Gasteiger partial charge in [-0.2, -0.15) is 0 Å². The maximum absolute atomic E-state index is 12.6. The van der Waals surface area contributed by atoms with Crippen molar-refractivity contribution in [3.8, 4) is 5.75 Å². The molecule has 3 rings (SSSR count). The van der Waals surface area contributed by atoms with Crippen LogP contribution in [0.15, 0.2) is 60.9 Å². The van der Waals surface area contributed by atoms with E-state index in [2.05, 4.69) is 15.6 Å². The molecule has 0 fully saturated rings. The number of benzene rings is 2. The third-order valence-corrected chi connectivity index (χ3v) is 4.07. The highest BCUT2D eigenvalue weighted by molar-refractivity contribution is 6.31. The molecule has 1 amide bonds. The SMILES string of the molecule is COc1ccc(Cl)cc1NC(=O)c1cncc(Nc2ccccc2C)c1. The van der Waals surface area contributed by atoms with Crippen molar-refractivity contribution in [2.24, 2.45) is 0 Å². The summed E-state index contributed by atoms with van der Waals surface area (Å²) in [6.45, 7) is 2.01. The Labute approximate surface area is 157 Å². The highest BCUT2D eigenvalue weighted by atomic mass is 35.5. The fourth-order valence-electron chi connectivity index (χ4n) is 2.47. The number of nitrogens with one attached hydrogen (secondary N) is 2. The van der Waals surface area contributed by atoms with Crippen molar-refractivity contribution < 1.29 is 9.53 Å². The first kappa shape index (κ1) is 17.8. The van der Waals surface area contributed by atoms with Crippen LogP contribution in [0.1, 0.15) is 15.9 Å². The lowest BCUT2D eigenvalue weighted by molar-refractivity contribution is 0.102. The monoisotopic (exact) mass is 367 g/mol. The third kappa shape index (κ3) is 4.13. The Morgan fingerprint density at radius 3 is 2.65 bits per heavy atom. The number of aromatic nitrogens is 1. The van der Waals surface area contributed by atoms with E-state index in [0.717, 1.165) is 16.9 Å². The van der Waals surface area contributed by atoms with Gasteiger partial charge in [0.2, 0.25) is 0 Å². The van der Waals surface area contributed by atoms with Gasteiger partial charge in [-0.05, 0) is 42.8 Å². The third-order valence-electron chi connectivity index (χ3n) is 3.83. The van der Waals surface area contributed by atoms with Crippen molar-refractivity contribution in [3.63, 3.8) is 0 Å². The van der Waals surface area contributed by atoms with Gasteiger partial charge in [-0.3, -0.25) is 9.78 Å². The van der Waals surface area contributed by atoms with E-state index < -0.39 is 0 Å². The van der Waals surface area contributed by atoms with E-state index in [1.807, 2.05) is 31.2 Å². The van der Waals surface area contributed by atoms with Gasteiger partial charge in [-0.1, -0.05) is 29.8 Å². The summed E-state index contributed by atoms with van der Waals surface area (Å²) in [5.41, 5.74) is 3.72. The van der Waals surface area contributed by atoms with Gasteiger partial charge in [-0.25, -0.2) is 0 Å². The largest absolute Gasteiger partial charge is 0.495 e. The van der Waals surface area contributed by atoms with Crippen LogP contribution in [-0.2, 0) is 0 Å². The zero-order valence-corrected chi connectivity index (χ0v) is 15.2. The molecule has 1 aromatic heterocycles. The average Bonchev–Trinajstić information content (AvgIpc) is 2.64. The molecule has 1 heterocycles.